The maximum atomic E-state index is 11.1. The average Bonchev–Trinajstić information content (AvgIpc) is 3.37. The molecule has 1 saturated heterocycles. The molecule has 0 saturated carbocycles. The van der Waals surface area contributed by atoms with Crippen LogP contribution in [0.2, 0.25) is 0 Å². The van der Waals surface area contributed by atoms with E-state index in [0.29, 0.717) is 23.9 Å². The summed E-state index contributed by atoms with van der Waals surface area (Å²) in [4.78, 5) is 13.4. The normalized spacial score (nSPS) is 16.8. The van der Waals surface area contributed by atoms with Crippen molar-refractivity contribution in [2.45, 2.75) is 25.4 Å². The number of hydrogen-bond acceptors (Lipinski definition) is 5. The van der Waals surface area contributed by atoms with E-state index in [1.807, 2.05) is 24.3 Å². The lowest BCUT2D eigenvalue weighted by Gasteiger charge is -2.24. The van der Waals surface area contributed by atoms with Gasteiger partial charge in [0.15, 0.2) is 0 Å². The third-order valence-electron chi connectivity index (χ3n) is 5.38. The second-order valence-electron chi connectivity index (χ2n) is 7.21. The molecule has 0 unspecified atom stereocenters. The van der Waals surface area contributed by atoms with Gasteiger partial charge in [-0.15, -0.1) is 0 Å². The molecule has 6 nitrogen and oxygen atoms in total. The van der Waals surface area contributed by atoms with Crippen molar-refractivity contribution in [1.29, 1.82) is 0 Å². The number of nitrogens with zero attached hydrogens (tertiary/aromatic N) is 1. The largest absolute Gasteiger partial charge is 0.507 e. The smallest absolute Gasteiger partial charge is 0.339 e. The number of phenols is 1. The number of rotatable bonds is 6. The Hall–Kier alpha value is -3.25. The zero-order chi connectivity index (χ0) is 20.4. The van der Waals surface area contributed by atoms with Gasteiger partial charge in [0.25, 0.3) is 0 Å². The molecule has 150 valence electrons. The molecule has 4 rings (SSSR count). The molecule has 1 aliphatic rings. The number of furan rings is 1. The molecule has 2 aromatic carbocycles. The number of carbonyl (C=O) groups is 1. The van der Waals surface area contributed by atoms with Gasteiger partial charge >= 0.3 is 5.97 Å². The average molecular weight is 393 g/mol. The zero-order valence-electron chi connectivity index (χ0n) is 16.2. The van der Waals surface area contributed by atoms with Crippen LogP contribution in [0.15, 0.2) is 59.0 Å². The van der Waals surface area contributed by atoms with Crippen molar-refractivity contribution in [2.75, 3.05) is 13.7 Å². The molecule has 0 radical (unpaired) electrons. The fourth-order valence-electron chi connectivity index (χ4n) is 3.93. The number of benzene rings is 2. The highest BCUT2D eigenvalue weighted by molar-refractivity contribution is 5.91. The van der Waals surface area contributed by atoms with Crippen LogP contribution in [-0.2, 0) is 6.54 Å². The molecule has 29 heavy (non-hydrogen) atoms. The predicted octanol–water partition coefficient (Wildman–Crippen LogP) is 4.70. The van der Waals surface area contributed by atoms with Crippen molar-refractivity contribution in [2.24, 2.45) is 0 Å². The molecule has 1 fully saturated rings. The molecule has 0 spiro atoms. The molecule has 0 aliphatic carbocycles. The maximum absolute atomic E-state index is 11.1. The van der Waals surface area contributed by atoms with E-state index in [4.69, 9.17) is 14.3 Å². The summed E-state index contributed by atoms with van der Waals surface area (Å²) < 4.78 is 11.4. The van der Waals surface area contributed by atoms with Crippen molar-refractivity contribution in [1.82, 2.24) is 4.90 Å². The van der Waals surface area contributed by atoms with E-state index in [2.05, 4.69) is 17.0 Å². The summed E-state index contributed by atoms with van der Waals surface area (Å²) in [5.41, 5.74) is 1.76. The molecule has 0 amide bonds. The van der Waals surface area contributed by atoms with E-state index in [1.165, 1.54) is 17.7 Å². The van der Waals surface area contributed by atoms with Crippen LogP contribution in [0.4, 0.5) is 0 Å². The standard InChI is InChI=1S/C23H23NO5/c1-28-17-5-2-4-15(12-17)20-6-3-11-24(20)14-18-8-10-22(29-18)16-7-9-19(23(26)27)21(25)13-16/h2,4-5,7-10,12-13,20,25H,3,6,11,14H2,1H3,(H,26,27)/t20-/m0/s1. The quantitative estimate of drug-likeness (QED) is 0.632. The molecule has 3 aromatic rings. The van der Waals surface area contributed by atoms with Crippen LogP contribution in [0.3, 0.4) is 0 Å². The Labute approximate surface area is 169 Å². The minimum atomic E-state index is -1.16. The lowest BCUT2D eigenvalue weighted by Crippen LogP contribution is -2.22. The summed E-state index contributed by atoms with van der Waals surface area (Å²) in [6.07, 6.45) is 2.21. The highest BCUT2D eigenvalue weighted by Crippen LogP contribution is 2.35. The Morgan fingerprint density at radius 1 is 1.21 bits per heavy atom. The topological polar surface area (TPSA) is 83.1 Å². The molecule has 2 N–H and O–H groups in total. The van der Waals surface area contributed by atoms with Gasteiger partial charge in [0.1, 0.15) is 28.6 Å². The molecule has 6 heteroatoms. The number of aromatic hydroxyl groups is 1. The number of carboxylic acid groups (broad SMARTS) is 1. The Morgan fingerprint density at radius 2 is 2.07 bits per heavy atom. The summed E-state index contributed by atoms with van der Waals surface area (Å²) >= 11 is 0. The van der Waals surface area contributed by atoms with Gasteiger partial charge in [0, 0.05) is 11.6 Å². The van der Waals surface area contributed by atoms with Gasteiger partial charge in [-0.05, 0) is 61.3 Å². The molecule has 1 aliphatic heterocycles. The van der Waals surface area contributed by atoms with Crippen molar-refractivity contribution in [3.63, 3.8) is 0 Å². The number of aromatic carboxylic acids is 1. The lowest BCUT2D eigenvalue weighted by molar-refractivity contribution is 0.0693. The van der Waals surface area contributed by atoms with E-state index >= 15 is 0 Å². The molecule has 2 heterocycles. The Balaban J connectivity index is 1.51. The Kier molecular flexibility index (Phi) is 5.27. The summed E-state index contributed by atoms with van der Waals surface area (Å²) in [5, 5.41) is 19.0. The van der Waals surface area contributed by atoms with Gasteiger partial charge < -0.3 is 19.4 Å². The van der Waals surface area contributed by atoms with E-state index in [9.17, 15) is 9.90 Å². The first kappa shape index (κ1) is 19.1. The lowest BCUT2D eigenvalue weighted by atomic mass is 10.0. The SMILES string of the molecule is COc1cccc([C@@H]2CCCN2Cc2ccc(-c3ccc(C(=O)O)c(O)c3)o2)c1. The Morgan fingerprint density at radius 3 is 2.83 bits per heavy atom. The summed E-state index contributed by atoms with van der Waals surface area (Å²) in [5.74, 6) is 0.859. The molecular weight excluding hydrogens is 370 g/mol. The minimum Gasteiger partial charge on any atom is -0.507 e. The van der Waals surface area contributed by atoms with Crippen LogP contribution in [0.1, 0.15) is 40.6 Å². The van der Waals surface area contributed by atoms with E-state index in [1.54, 1.807) is 13.2 Å². The van der Waals surface area contributed by atoms with Crippen LogP contribution in [-0.4, -0.2) is 34.7 Å². The summed E-state index contributed by atoms with van der Waals surface area (Å²) in [7, 11) is 1.68. The maximum Gasteiger partial charge on any atom is 0.339 e. The van der Waals surface area contributed by atoms with Crippen LogP contribution >= 0.6 is 0 Å². The van der Waals surface area contributed by atoms with E-state index < -0.39 is 5.97 Å². The fourth-order valence-corrected chi connectivity index (χ4v) is 3.93. The second-order valence-corrected chi connectivity index (χ2v) is 7.21. The van der Waals surface area contributed by atoms with Crippen molar-refractivity contribution in [3.05, 3.63) is 71.5 Å². The highest BCUT2D eigenvalue weighted by Gasteiger charge is 2.27. The summed E-state index contributed by atoms with van der Waals surface area (Å²) in [6, 6.07) is 16.7. The van der Waals surface area contributed by atoms with Crippen molar-refractivity contribution >= 4 is 5.97 Å². The van der Waals surface area contributed by atoms with Crippen LogP contribution in [0, 0.1) is 0 Å². The predicted molar refractivity (Wildman–Crippen MR) is 108 cm³/mol. The van der Waals surface area contributed by atoms with Crippen molar-refractivity contribution in [3.8, 4) is 22.8 Å². The zero-order valence-corrected chi connectivity index (χ0v) is 16.2. The number of ether oxygens (including phenoxy) is 1. The fraction of sp³-hybridized carbons (Fsp3) is 0.261. The number of hydrogen-bond donors (Lipinski definition) is 2. The third-order valence-corrected chi connectivity index (χ3v) is 5.38. The number of methoxy groups -OCH3 is 1. The molecule has 0 bridgehead atoms. The van der Waals surface area contributed by atoms with E-state index in [0.717, 1.165) is 30.9 Å². The first-order valence-electron chi connectivity index (χ1n) is 9.58. The molecule has 1 atom stereocenters. The highest BCUT2D eigenvalue weighted by atomic mass is 16.5. The first-order valence-corrected chi connectivity index (χ1v) is 9.58. The monoisotopic (exact) mass is 393 g/mol. The number of carboxylic acids is 1. The van der Waals surface area contributed by atoms with Crippen LogP contribution < -0.4 is 4.74 Å². The van der Waals surface area contributed by atoms with Crippen LogP contribution in [0.5, 0.6) is 11.5 Å². The van der Waals surface area contributed by atoms with Gasteiger partial charge in [0.2, 0.25) is 0 Å². The summed E-state index contributed by atoms with van der Waals surface area (Å²) in [6.45, 7) is 1.67. The van der Waals surface area contributed by atoms with Gasteiger partial charge in [-0.1, -0.05) is 18.2 Å². The Bertz CT molecular complexity index is 1030. The molecular formula is C23H23NO5. The third kappa shape index (κ3) is 3.98. The second kappa shape index (κ2) is 8.01. The minimum absolute atomic E-state index is 0.126. The van der Waals surface area contributed by atoms with Gasteiger partial charge in [-0.2, -0.15) is 0 Å². The van der Waals surface area contributed by atoms with Crippen LogP contribution in [0.25, 0.3) is 11.3 Å². The van der Waals surface area contributed by atoms with Crippen molar-refractivity contribution < 1.29 is 24.2 Å². The number of likely N-dealkylation sites (tertiary alicyclic amines) is 1. The van der Waals surface area contributed by atoms with Gasteiger partial charge in [-0.25, -0.2) is 4.79 Å². The first-order chi connectivity index (χ1) is 14.0. The van der Waals surface area contributed by atoms with Gasteiger partial charge in [-0.3, -0.25) is 4.90 Å². The molecule has 1 aromatic heterocycles. The van der Waals surface area contributed by atoms with E-state index in [-0.39, 0.29) is 11.3 Å². The van der Waals surface area contributed by atoms with Gasteiger partial charge in [0.05, 0.1) is 13.7 Å².